The highest BCUT2D eigenvalue weighted by molar-refractivity contribution is 5.78. The number of benzene rings is 1. The van der Waals surface area contributed by atoms with Crippen LogP contribution in [0, 0.1) is 18.3 Å². The fraction of sp³-hybridized carbons (Fsp3) is 0.364. The summed E-state index contributed by atoms with van der Waals surface area (Å²) in [4.78, 5) is 4.89. The van der Waals surface area contributed by atoms with Crippen LogP contribution in [0.3, 0.4) is 0 Å². The van der Waals surface area contributed by atoms with E-state index in [-0.39, 0.29) is 0 Å². The molecular formula is C22H29N5+2. The van der Waals surface area contributed by atoms with Crippen molar-refractivity contribution in [2.75, 3.05) is 32.5 Å². The highest BCUT2D eigenvalue weighted by atomic mass is 15.1. The molecule has 0 aliphatic heterocycles. The van der Waals surface area contributed by atoms with Gasteiger partial charge in [0.2, 0.25) is 11.5 Å². The molecule has 0 fully saturated rings. The van der Waals surface area contributed by atoms with Crippen LogP contribution in [-0.2, 0) is 6.42 Å². The number of nitrogens with zero attached hydrogens (tertiary/aromatic N) is 2. The summed E-state index contributed by atoms with van der Waals surface area (Å²) in [6.45, 7) is 10.2. The van der Waals surface area contributed by atoms with Crippen LogP contribution in [0.2, 0.25) is 0 Å². The van der Waals surface area contributed by atoms with Crippen LogP contribution in [0.4, 0.5) is 5.82 Å². The smallest absolute Gasteiger partial charge is 0.250 e. The number of nitrogens with one attached hydrogen (secondary N) is 3. The number of rotatable bonds is 7. The van der Waals surface area contributed by atoms with Crippen molar-refractivity contribution in [3.63, 3.8) is 0 Å². The van der Waals surface area contributed by atoms with Gasteiger partial charge < -0.3 is 10.2 Å². The second-order valence-electron chi connectivity index (χ2n) is 7.64. The Morgan fingerprint density at radius 2 is 2.07 bits per heavy atom. The first-order valence-corrected chi connectivity index (χ1v) is 9.49. The molecule has 0 atom stereocenters. The Morgan fingerprint density at radius 3 is 2.74 bits per heavy atom. The Bertz CT molecular complexity index is 1040. The van der Waals surface area contributed by atoms with Crippen LogP contribution < -0.4 is 14.6 Å². The van der Waals surface area contributed by atoms with Gasteiger partial charge in [0, 0.05) is 12.0 Å². The Hall–Kier alpha value is -2.84. The van der Waals surface area contributed by atoms with Gasteiger partial charge in [0.1, 0.15) is 22.7 Å². The minimum atomic E-state index is 0.700. The lowest BCUT2D eigenvalue weighted by Crippen LogP contribution is -3.05. The quantitative estimate of drug-likeness (QED) is 0.342. The summed E-state index contributed by atoms with van der Waals surface area (Å²) in [5.41, 5.74) is 6.91. The molecule has 0 aliphatic rings. The molecule has 1 aromatic carbocycles. The van der Waals surface area contributed by atoms with Gasteiger partial charge in [-0.1, -0.05) is 24.3 Å². The van der Waals surface area contributed by atoms with Gasteiger partial charge in [0.05, 0.1) is 27.2 Å². The van der Waals surface area contributed by atoms with E-state index < -0.39 is 0 Å². The first-order chi connectivity index (χ1) is 12.9. The van der Waals surface area contributed by atoms with Gasteiger partial charge in [-0.3, -0.25) is 4.98 Å². The van der Waals surface area contributed by atoms with Crippen molar-refractivity contribution in [3.05, 3.63) is 53.1 Å². The van der Waals surface area contributed by atoms with Crippen LogP contribution in [0.5, 0.6) is 0 Å². The largest absolute Gasteiger partial charge is 0.340 e. The number of nitriles is 1. The Kier molecular flexibility index (Phi) is 5.48. The van der Waals surface area contributed by atoms with E-state index in [1.807, 2.05) is 26.0 Å². The zero-order valence-electron chi connectivity index (χ0n) is 16.7. The van der Waals surface area contributed by atoms with Crippen LogP contribution >= 0.6 is 0 Å². The third kappa shape index (κ3) is 3.67. The van der Waals surface area contributed by atoms with Crippen molar-refractivity contribution in [1.82, 2.24) is 4.98 Å². The summed E-state index contributed by atoms with van der Waals surface area (Å²) in [5.74, 6) is 1.07. The molecule has 0 saturated heterocycles. The molecule has 27 heavy (non-hydrogen) atoms. The summed E-state index contributed by atoms with van der Waals surface area (Å²) in [6, 6.07) is 10.6. The van der Waals surface area contributed by atoms with Gasteiger partial charge in [-0.2, -0.15) is 9.66 Å². The van der Waals surface area contributed by atoms with Crippen LogP contribution in [-0.4, -0.2) is 32.2 Å². The number of hydrogen-bond acceptors (Lipinski definition) is 2. The van der Waals surface area contributed by atoms with E-state index in [1.54, 1.807) is 0 Å². The Labute approximate surface area is 160 Å². The highest BCUT2D eigenvalue weighted by Crippen LogP contribution is 2.27. The average molecular weight is 364 g/mol. The molecule has 0 amide bonds. The molecule has 5 heteroatoms. The molecule has 2 heterocycles. The number of para-hydroxylation sites is 2. The zero-order chi connectivity index (χ0) is 19.6. The maximum Gasteiger partial charge on any atom is 0.250 e. The molecule has 0 spiro atoms. The van der Waals surface area contributed by atoms with Gasteiger partial charge in [-0.15, -0.1) is 0 Å². The maximum atomic E-state index is 9.84. The molecule has 3 aromatic rings. The lowest BCUT2D eigenvalue weighted by Gasteiger charge is -2.14. The maximum absolute atomic E-state index is 9.84. The number of quaternary nitrogens is 1. The normalized spacial score (nSPS) is 11.3. The first kappa shape index (κ1) is 18.9. The monoisotopic (exact) mass is 363 g/mol. The molecule has 3 rings (SSSR count). The fourth-order valence-corrected chi connectivity index (χ4v) is 3.62. The summed E-state index contributed by atoms with van der Waals surface area (Å²) in [7, 11) is 4.34. The molecule has 0 saturated carbocycles. The number of hydrogen-bond donors (Lipinski definition) is 3. The number of imidazole rings is 1. The molecule has 5 nitrogen and oxygen atoms in total. The van der Waals surface area contributed by atoms with Crippen molar-refractivity contribution in [2.45, 2.75) is 26.7 Å². The third-order valence-corrected chi connectivity index (χ3v) is 4.93. The Morgan fingerprint density at radius 1 is 1.33 bits per heavy atom. The van der Waals surface area contributed by atoms with Crippen molar-refractivity contribution >= 4 is 22.5 Å². The van der Waals surface area contributed by atoms with Crippen molar-refractivity contribution in [3.8, 4) is 6.07 Å². The topological polar surface area (TPSA) is 60.1 Å². The van der Waals surface area contributed by atoms with E-state index in [0.29, 0.717) is 5.56 Å². The molecular weight excluding hydrogens is 334 g/mol. The number of fused-ring (bicyclic) bond motifs is 3. The fourth-order valence-electron chi connectivity index (χ4n) is 3.62. The molecule has 140 valence electrons. The van der Waals surface area contributed by atoms with Crippen LogP contribution in [0.25, 0.3) is 16.7 Å². The van der Waals surface area contributed by atoms with Crippen LogP contribution in [0.1, 0.15) is 30.0 Å². The Balaban J connectivity index is 2.24. The number of aromatic amines is 1. The molecule has 2 aromatic heterocycles. The van der Waals surface area contributed by atoms with Gasteiger partial charge >= 0.3 is 0 Å². The summed E-state index contributed by atoms with van der Waals surface area (Å²) in [5, 5.41) is 13.5. The number of aromatic nitrogens is 2. The van der Waals surface area contributed by atoms with E-state index in [9.17, 15) is 5.26 Å². The average Bonchev–Trinajstić information content (AvgIpc) is 2.99. The number of allylic oxidation sites excluding steroid dienone is 1. The summed E-state index contributed by atoms with van der Waals surface area (Å²) >= 11 is 0. The van der Waals surface area contributed by atoms with Gasteiger partial charge in [-0.05, 0) is 38.0 Å². The van der Waals surface area contributed by atoms with E-state index in [2.05, 4.69) is 53.6 Å². The number of pyridine rings is 1. The number of H-pyrrole nitrogens is 1. The molecule has 0 unspecified atom stereocenters. The number of anilines is 1. The first-order valence-electron chi connectivity index (χ1n) is 9.49. The molecule has 3 N–H and O–H groups in total. The van der Waals surface area contributed by atoms with Crippen LogP contribution in [0.15, 0.2) is 36.4 Å². The molecule has 0 bridgehead atoms. The van der Waals surface area contributed by atoms with E-state index in [1.165, 1.54) is 4.90 Å². The minimum absolute atomic E-state index is 0.700. The predicted molar refractivity (Wildman–Crippen MR) is 110 cm³/mol. The van der Waals surface area contributed by atoms with E-state index in [4.69, 9.17) is 0 Å². The highest BCUT2D eigenvalue weighted by Gasteiger charge is 2.25. The molecule has 0 aliphatic carbocycles. The second kappa shape index (κ2) is 7.81. The van der Waals surface area contributed by atoms with Crippen molar-refractivity contribution in [2.24, 2.45) is 0 Å². The third-order valence-electron chi connectivity index (χ3n) is 4.93. The lowest BCUT2D eigenvalue weighted by atomic mass is 9.99. The van der Waals surface area contributed by atoms with Gasteiger partial charge in [0.25, 0.3) is 0 Å². The van der Waals surface area contributed by atoms with Gasteiger partial charge in [0.15, 0.2) is 0 Å². The summed E-state index contributed by atoms with van der Waals surface area (Å²) < 4.78 is 2.17. The standard InChI is InChI=1S/C22H27N5/c1-15(2)13-17-16(3)18(14-23)22-25-19-9-6-7-10-20(19)27(22)21(17)24-11-8-12-26(4)5/h6-7,9-10H,1,8,11-13H2,2-5H3,(H,24,25)/p+2. The second-order valence-corrected chi connectivity index (χ2v) is 7.64. The predicted octanol–water partition coefficient (Wildman–Crippen LogP) is 2.15. The lowest BCUT2D eigenvalue weighted by molar-refractivity contribution is -0.858. The summed E-state index contributed by atoms with van der Waals surface area (Å²) in [6.07, 6.45) is 1.84. The van der Waals surface area contributed by atoms with Crippen molar-refractivity contribution < 1.29 is 9.30 Å². The van der Waals surface area contributed by atoms with Gasteiger partial charge in [-0.25, -0.2) is 0 Å². The minimum Gasteiger partial charge on any atom is -0.340 e. The zero-order valence-corrected chi connectivity index (χ0v) is 16.7. The molecule has 0 radical (unpaired) electrons. The van der Waals surface area contributed by atoms with E-state index in [0.717, 1.165) is 65.1 Å². The van der Waals surface area contributed by atoms with Crippen molar-refractivity contribution in [1.29, 1.82) is 5.26 Å². The van der Waals surface area contributed by atoms with E-state index >= 15 is 0 Å². The SMILES string of the molecule is C=C(C)Cc1c(C)c(C#N)c2[nH]c3ccccc3[n+]2c1NCCC[NH+](C)C.